The first kappa shape index (κ1) is 19.6. The molecule has 9 nitrogen and oxygen atoms in total. The van der Waals surface area contributed by atoms with E-state index in [-0.39, 0.29) is 31.8 Å². The average Bonchev–Trinajstić information content (AvgIpc) is 3.01. The zero-order valence-corrected chi connectivity index (χ0v) is 17.2. The van der Waals surface area contributed by atoms with Gasteiger partial charge in [0.25, 0.3) is 0 Å². The van der Waals surface area contributed by atoms with Crippen LogP contribution in [0.4, 0.5) is 4.79 Å². The first-order valence-corrected chi connectivity index (χ1v) is 10.3. The number of nitrogens with zero attached hydrogens (tertiary/aromatic N) is 5. The number of carbonyl (C=O) groups is 1. The molecule has 0 spiro atoms. The van der Waals surface area contributed by atoms with Crippen LogP contribution in [0, 0.1) is 11.3 Å². The van der Waals surface area contributed by atoms with Gasteiger partial charge in [-0.1, -0.05) is 15.9 Å². The van der Waals surface area contributed by atoms with Crippen molar-refractivity contribution in [3.63, 3.8) is 0 Å². The van der Waals surface area contributed by atoms with Crippen LogP contribution in [-0.2, 0) is 15.6 Å². The van der Waals surface area contributed by atoms with Crippen LogP contribution in [0.5, 0.6) is 0 Å². The SMILES string of the molecule is CN(C)S(=O)(=O)n1c(C2(C#N)CCN(C(=O)O)CC2)nc2cc(Br)ccc21. The number of halogens is 1. The van der Waals surface area contributed by atoms with Gasteiger partial charge in [0, 0.05) is 31.7 Å². The quantitative estimate of drug-likeness (QED) is 0.755. The Bertz CT molecular complexity index is 1050. The van der Waals surface area contributed by atoms with Crippen molar-refractivity contribution in [2.24, 2.45) is 0 Å². The molecule has 0 atom stereocenters. The lowest BCUT2D eigenvalue weighted by Crippen LogP contribution is -2.46. The summed E-state index contributed by atoms with van der Waals surface area (Å²) >= 11 is 3.35. The van der Waals surface area contributed by atoms with Gasteiger partial charge in [-0.2, -0.15) is 18.0 Å². The molecule has 11 heteroatoms. The summed E-state index contributed by atoms with van der Waals surface area (Å²) in [7, 11) is -1.11. The lowest BCUT2D eigenvalue weighted by molar-refractivity contribution is 0.123. The van der Waals surface area contributed by atoms with Gasteiger partial charge in [0.15, 0.2) is 0 Å². The lowest BCUT2D eigenvalue weighted by atomic mass is 9.79. The van der Waals surface area contributed by atoms with Gasteiger partial charge in [0.05, 0.1) is 17.1 Å². The van der Waals surface area contributed by atoms with Crippen LogP contribution < -0.4 is 0 Å². The Labute approximate surface area is 165 Å². The third kappa shape index (κ3) is 3.18. The monoisotopic (exact) mass is 455 g/mol. The Balaban J connectivity index is 2.25. The summed E-state index contributed by atoms with van der Waals surface area (Å²) in [5.74, 6) is 0.122. The second-order valence-electron chi connectivity index (χ2n) is 6.59. The number of imidazole rings is 1. The maximum absolute atomic E-state index is 13.0. The second kappa shape index (κ2) is 6.78. The van der Waals surface area contributed by atoms with Crippen LogP contribution in [0.15, 0.2) is 22.7 Å². The molecule has 0 unspecified atom stereocenters. The normalized spacial score (nSPS) is 17.2. The van der Waals surface area contributed by atoms with Crippen LogP contribution in [0.2, 0.25) is 0 Å². The lowest BCUT2D eigenvalue weighted by Gasteiger charge is -2.35. The van der Waals surface area contributed by atoms with Crippen molar-refractivity contribution in [2.75, 3.05) is 27.2 Å². The third-order valence-electron chi connectivity index (χ3n) is 4.80. The highest BCUT2D eigenvalue weighted by molar-refractivity contribution is 9.10. The fourth-order valence-corrected chi connectivity index (χ4v) is 4.71. The summed E-state index contributed by atoms with van der Waals surface area (Å²) in [4.78, 5) is 16.9. The minimum Gasteiger partial charge on any atom is -0.465 e. The summed E-state index contributed by atoms with van der Waals surface area (Å²) in [6.45, 7) is 0.273. The summed E-state index contributed by atoms with van der Waals surface area (Å²) in [6, 6.07) is 7.26. The van der Waals surface area contributed by atoms with Gasteiger partial charge in [0.2, 0.25) is 0 Å². The molecule has 0 radical (unpaired) electrons. The van der Waals surface area contributed by atoms with Gasteiger partial charge < -0.3 is 10.0 Å². The minimum absolute atomic E-state index is 0.122. The Morgan fingerprint density at radius 2 is 2.00 bits per heavy atom. The van der Waals surface area contributed by atoms with E-state index in [1.165, 1.54) is 19.0 Å². The van der Waals surface area contributed by atoms with E-state index in [9.17, 15) is 18.5 Å². The molecule has 2 heterocycles. The maximum atomic E-state index is 13.0. The smallest absolute Gasteiger partial charge is 0.407 e. The van der Waals surface area contributed by atoms with Crippen molar-refractivity contribution in [1.82, 2.24) is 18.2 Å². The molecule has 0 aliphatic carbocycles. The van der Waals surface area contributed by atoms with Crippen molar-refractivity contribution in [3.8, 4) is 6.07 Å². The number of nitriles is 1. The molecule has 1 aromatic carbocycles. The molecule has 3 rings (SSSR count). The zero-order chi connectivity index (χ0) is 20.0. The van der Waals surface area contributed by atoms with E-state index in [1.54, 1.807) is 18.2 Å². The number of benzene rings is 1. The third-order valence-corrected chi connectivity index (χ3v) is 7.04. The average molecular weight is 456 g/mol. The molecular formula is C16H18BrN5O4S. The number of hydrogen-bond acceptors (Lipinski definition) is 5. The number of piperidine rings is 1. The molecule has 144 valence electrons. The van der Waals surface area contributed by atoms with Crippen molar-refractivity contribution in [3.05, 3.63) is 28.5 Å². The highest BCUT2D eigenvalue weighted by Crippen LogP contribution is 2.37. The first-order chi connectivity index (χ1) is 12.6. The van der Waals surface area contributed by atoms with Crippen molar-refractivity contribution in [2.45, 2.75) is 18.3 Å². The molecule has 27 heavy (non-hydrogen) atoms. The van der Waals surface area contributed by atoms with Crippen LogP contribution in [0.1, 0.15) is 18.7 Å². The van der Waals surface area contributed by atoms with Crippen LogP contribution >= 0.6 is 15.9 Å². The van der Waals surface area contributed by atoms with Crippen LogP contribution in [-0.4, -0.2) is 65.0 Å². The number of fused-ring (bicyclic) bond motifs is 1. The van der Waals surface area contributed by atoms with Crippen molar-refractivity contribution < 1.29 is 18.3 Å². The summed E-state index contributed by atoms with van der Waals surface area (Å²) < 4.78 is 28.9. The molecule has 0 saturated carbocycles. The maximum Gasteiger partial charge on any atom is 0.407 e. The Kier molecular flexibility index (Phi) is 4.92. The largest absolute Gasteiger partial charge is 0.465 e. The fourth-order valence-electron chi connectivity index (χ4n) is 3.19. The van der Waals surface area contributed by atoms with E-state index >= 15 is 0 Å². The number of amides is 1. The van der Waals surface area contributed by atoms with E-state index < -0.39 is 21.7 Å². The van der Waals surface area contributed by atoms with Gasteiger partial charge in [0.1, 0.15) is 11.2 Å². The highest BCUT2D eigenvalue weighted by atomic mass is 79.9. The molecular weight excluding hydrogens is 438 g/mol. The molecule has 1 aliphatic heterocycles. The molecule has 1 fully saturated rings. The number of likely N-dealkylation sites (tertiary alicyclic amines) is 1. The van der Waals surface area contributed by atoms with Gasteiger partial charge in [-0.25, -0.2) is 13.8 Å². The topological polar surface area (TPSA) is 120 Å². The fraction of sp³-hybridized carbons (Fsp3) is 0.438. The first-order valence-electron chi connectivity index (χ1n) is 8.13. The predicted octanol–water partition coefficient (Wildman–Crippen LogP) is 1.99. The standard InChI is InChI=1S/C16H18BrN5O4S/c1-20(2)27(25,26)22-13-4-3-11(17)9-12(13)19-14(22)16(10-18)5-7-21(8-6-16)15(23)24/h3-4,9H,5-8H2,1-2H3,(H,23,24). The van der Waals surface area contributed by atoms with Crippen molar-refractivity contribution in [1.29, 1.82) is 5.26 Å². The summed E-state index contributed by atoms with van der Waals surface area (Å²) in [5.41, 5.74) is -0.377. The van der Waals surface area contributed by atoms with E-state index in [0.717, 1.165) is 12.8 Å². The molecule has 0 bridgehead atoms. The molecule has 1 saturated heterocycles. The molecule has 1 N–H and O–H groups in total. The summed E-state index contributed by atoms with van der Waals surface area (Å²) in [6.07, 6.45) is -0.716. The van der Waals surface area contributed by atoms with Gasteiger partial charge in [-0.15, -0.1) is 0 Å². The number of rotatable bonds is 3. The number of hydrogen-bond donors (Lipinski definition) is 1. The number of carboxylic acid groups (broad SMARTS) is 1. The van der Waals surface area contributed by atoms with Crippen molar-refractivity contribution >= 4 is 43.3 Å². The molecule has 1 aromatic heterocycles. The van der Waals surface area contributed by atoms with Crippen LogP contribution in [0.25, 0.3) is 11.0 Å². The second-order valence-corrected chi connectivity index (χ2v) is 9.49. The highest BCUT2D eigenvalue weighted by Gasteiger charge is 2.44. The molecule has 1 aliphatic rings. The Hall–Kier alpha value is -2.16. The van der Waals surface area contributed by atoms with Gasteiger partial charge >= 0.3 is 16.3 Å². The van der Waals surface area contributed by atoms with E-state index in [1.807, 2.05) is 0 Å². The van der Waals surface area contributed by atoms with E-state index in [2.05, 4.69) is 27.0 Å². The summed E-state index contributed by atoms with van der Waals surface area (Å²) in [5, 5.41) is 19.1. The van der Waals surface area contributed by atoms with E-state index in [4.69, 9.17) is 5.11 Å². The Morgan fingerprint density at radius 1 is 1.37 bits per heavy atom. The van der Waals surface area contributed by atoms with Gasteiger partial charge in [-0.3, -0.25) is 0 Å². The van der Waals surface area contributed by atoms with Gasteiger partial charge in [-0.05, 0) is 31.0 Å². The van der Waals surface area contributed by atoms with E-state index in [0.29, 0.717) is 11.0 Å². The van der Waals surface area contributed by atoms with Crippen LogP contribution in [0.3, 0.4) is 0 Å². The minimum atomic E-state index is -3.94. The molecule has 1 amide bonds. The number of aromatic nitrogens is 2. The predicted molar refractivity (Wildman–Crippen MR) is 102 cm³/mol. The zero-order valence-electron chi connectivity index (χ0n) is 14.8. The Morgan fingerprint density at radius 3 is 2.52 bits per heavy atom. The molecule has 2 aromatic rings.